The Morgan fingerprint density at radius 3 is 2.67 bits per heavy atom. The molecule has 0 aliphatic heterocycles. The fourth-order valence-corrected chi connectivity index (χ4v) is 1.74. The van der Waals surface area contributed by atoms with Crippen molar-refractivity contribution in [2.45, 2.75) is 24.7 Å². The molecule has 0 bridgehead atoms. The molecule has 3 nitrogen and oxygen atoms in total. The molecule has 1 aromatic heterocycles. The number of carbonyl (C=O) groups is 1. The highest BCUT2D eigenvalue weighted by molar-refractivity contribution is 5.92. The molecule has 0 atom stereocenters. The van der Waals surface area contributed by atoms with Gasteiger partial charge in [0.25, 0.3) is 5.91 Å². The zero-order chi connectivity index (χ0) is 11.1. The first-order valence-electron chi connectivity index (χ1n) is 4.61. The molecule has 2 N–H and O–H groups in total. The number of primary amides is 1. The van der Waals surface area contributed by atoms with E-state index in [4.69, 9.17) is 5.73 Å². The molecule has 0 radical (unpaired) electrons. The molecular weight excluding hydrogens is 202 g/mol. The topological polar surface area (TPSA) is 56.0 Å². The molecule has 80 valence electrons. The lowest BCUT2D eigenvalue weighted by molar-refractivity contribution is 0.0957. The van der Waals surface area contributed by atoms with Gasteiger partial charge in [-0.1, -0.05) is 6.07 Å². The number of halogens is 2. The first-order valence-corrected chi connectivity index (χ1v) is 4.61. The summed E-state index contributed by atoms with van der Waals surface area (Å²) in [5.41, 5.74) is 4.16. The maximum absolute atomic E-state index is 12.8. The monoisotopic (exact) mass is 212 g/mol. The van der Waals surface area contributed by atoms with Crippen molar-refractivity contribution < 1.29 is 13.6 Å². The summed E-state index contributed by atoms with van der Waals surface area (Å²) in [6, 6.07) is 3.05. The van der Waals surface area contributed by atoms with Gasteiger partial charge in [0, 0.05) is 6.20 Å². The van der Waals surface area contributed by atoms with Crippen molar-refractivity contribution in [3.8, 4) is 0 Å². The van der Waals surface area contributed by atoms with Crippen molar-refractivity contribution in [3.63, 3.8) is 0 Å². The average molecular weight is 212 g/mol. The smallest absolute Gasteiger partial charge is 0.267 e. The van der Waals surface area contributed by atoms with E-state index in [0.29, 0.717) is 12.8 Å². The van der Waals surface area contributed by atoms with Crippen molar-refractivity contribution >= 4 is 5.91 Å². The molecule has 1 aliphatic carbocycles. The van der Waals surface area contributed by atoms with Crippen molar-refractivity contribution in [1.82, 2.24) is 4.98 Å². The van der Waals surface area contributed by atoms with E-state index >= 15 is 0 Å². The molecule has 1 aromatic rings. The van der Waals surface area contributed by atoms with E-state index < -0.39 is 17.7 Å². The Hall–Kier alpha value is -1.52. The zero-order valence-electron chi connectivity index (χ0n) is 7.91. The molecule has 0 spiro atoms. The van der Waals surface area contributed by atoms with Gasteiger partial charge in [0.2, 0.25) is 6.43 Å². The standard InChI is InChI=1S/C10H10F2N2O/c11-9(12)10(3-4-10)6-2-1-5-14-7(6)8(13)15/h1-2,5,9H,3-4H2,(H2,13,15). The number of alkyl halides is 2. The van der Waals surface area contributed by atoms with Crippen molar-refractivity contribution in [1.29, 1.82) is 0 Å². The lowest BCUT2D eigenvalue weighted by Gasteiger charge is -2.16. The summed E-state index contributed by atoms with van der Waals surface area (Å²) in [6.45, 7) is 0. The maximum atomic E-state index is 12.8. The summed E-state index contributed by atoms with van der Waals surface area (Å²) < 4.78 is 25.6. The molecule has 1 saturated carbocycles. The maximum Gasteiger partial charge on any atom is 0.267 e. The van der Waals surface area contributed by atoms with E-state index in [-0.39, 0.29) is 11.3 Å². The number of rotatable bonds is 3. The minimum atomic E-state index is -2.47. The number of amides is 1. The quantitative estimate of drug-likeness (QED) is 0.824. The van der Waals surface area contributed by atoms with Crippen LogP contribution in [0.1, 0.15) is 28.9 Å². The summed E-state index contributed by atoms with van der Waals surface area (Å²) in [4.78, 5) is 14.8. The number of pyridine rings is 1. The van der Waals surface area contributed by atoms with E-state index in [9.17, 15) is 13.6 Å². The van der Waals surface area contributed by atoms with Crippen molar-refractivity contribution in [3.05, 3.63) is 29.6 Å². The third kappa shape index (κ3) is 1.48. The van der Waals surface area contributed by atoms with Gasteiger partial charge in [0.15, 0.2) is 0 Å². The molecule has 0 unspecified atom stereocenters. The van der Waals surface area contributed by atoms with Crippen LogP contribution in [0.4, 0.5) is 8.78 Å². The highest BCUT2D eigenvalue weighted by Crippen LogP contribution is 2.53. The Balaban J connectivity index is 2.49. The van der Waals surface area contributed by atoms with E-state index in [0.717, 1.165) is 0 Å². The summed E-state index contributed by atoms with van der Waals surface area (Å²) in [5.74, 6) is -0.752. The van der Waals surface area contributed by atoms with Gasteiger partial charge in [-0.15, -0.1) is 0 Å². The van der Waals surface area contributed by atoms with Crippen LogP contribution in [0.5, 0.6) is 0 Å². The first kappa shape index (κ1) is 10.0. The Morgan fingerprint density at radius 2 is 2.20 bits per heavy atom. The third-order valence-electron chi connectivity index (χ3n) is 2.78. The summed E-state index contributed by atoms with van der Waals surface area (Å²) in [6.07, 6.45) is -0.321. The van der Waals surface area contributed by atoms with Gasteiger partial charge in [0.1, 0.15) is 5.69 Å². The van der Waals surface area contributed by atoms with Crippen LogP contribution < -0.4 is 5.73 Å². The molecule has 1 amide bonds. The van der Waals surface area contributed by atoms with Gasteiger partial charge in [-0.05, 0) is 24.5 Å². The Kier molecular flexibility index (Phi) is 2.17. The molecule has 15 heavy (non-hydrogen) atoms. The van der Waals surface area contributed by atoms with Crippen LogP contribution in [-0.4, -0.2) is 17.3 Å². The molecule has 0 saturated heterocycles. The van der Waals surface area contributed by atoms with Gasteiger partial charge in [-0.3, -0.25) is 9.78 Å². The molecule has 1 fully saturated rings. The van der Waals surface area contributed by atoms with Gasteiger partial charge in [-0.2, -0.15) is 0 Å². The second-order valence-corrected chi connectivity index (χ2v) is 3.72. The Morgan fingerprint density at radius 1 is 1.53 bits per heavy atom. The number of carbonyl (C=O) groups excluding carboxylic acids is 1. The fourth-order valence-electron chi connectivity index (χ4n) is 1.74. The largest absolute Gasteiger partial charge is 0.364 e. The second kappa shape index (κ2) is 3.25. The predicted molar refractivity (Wildman–Crippen MR) is 49.7 cm³/mol. The average Bonchev–Trinajstić information content (AvgIpc) is 2.98. The minimum Gasteiger partial charge on any atom is -0.364 e. The van der Waals surface area contributed by atoms with Crippen LogP contribution in [0, 0.1) is 0 Å². The molecule has 5 heteroatoms. The van der Waals surface area contributed by atoms with Gasteiger partial charge in [-0.25, -0.2) is 8.78 Å². The van der Waals surface area contributed by atoms with Crippen molar-refractivity contribution in [2.24, 2.45) is 5.73 Å². The Labute approximate surface area is 85.3 Å². The number of hydrogen-bond donors (Lipinski definition) is 1. The predicted octanol–water partition coefficient (Wildman–Crippen LogP) is 1.48. The van der Waals surface area contributed by atoms with E-state index in [1.807, 2.05) is 0 Å². The van der Waals surface area contributed by atoms with Crippen LogP contribution in [0.25, 0.3) is 0 Å². The van der Waals surface area contributed by atoms with E-state index in [1.54, 1.807) is 6.07 Å². The summed E-state index contributed by atoms with van der Waals surface area (Å²) in [5, 5.41) is 0. The number of hydrogen-bond acceptors (Lipinski definition) is 2. The van der Waals surface area contributed by atoms with Gasteiger partial charge in [0.05, 0.1) is 5.41 Å². The summed E-state index contributed by atoms with van der Waals surface area (Å²) in [7, 11) is 0. The first-order chi connectivity index (χ1) is 7.08. The fraction of sp³-hybridized carbons (Fsp3) is 0.400. The lowest BCUT2D eigenvalue weighted by atomic mass is 9.94. The van der Waals surface area contributed by atoms with Crippen LogP contribution in [0.15, 0.2) is 18.3 Å². The molecule has 1 aliphatic rings. The molecule has 2 rings (SSSR count). The molecule has 0 aromatic carbocycles. The summed E-state index contributed by atoms with van der Waals surface area (Å²) >= 11 is 0. The lowest BCUT2D eigenvalue weighted by Crippen LogP contribution is -2.24. The van der Waals surface area contributed by atoms with Crippen LogP contribution >= 0.6 is 0 Å². The zero-order valence-corrected chi connectivity index (χ0v) is 7.91. The van der Waals surface area contributed by atoms with Gasteiger partial charge >= 0.3 is 0 Å². The SMILES string of the molecule is NC(=O)c1ncccc1C1(C(F)F)CC1. The normalized spacial score (nSPS) is 17.8. The van der Waals surface area contributed by atoms with Crippen LogP contribution in [0.3, 0.4) is 0 Å². The highest BCUT2D eigenvalue weighted by atomic mass is 19.3. The molecular formula is C10H10F2N2O. The van der Waals surface area contributed by atoms with E-state index in [2.05, 4.69) is 4.98 Å². The minimum absolute atomic E-state index is 0.0321. The van der Waals surface area contributed by atoms with Crippen molar-refractivity contribution in [2.75, 3.05) is 0 Å². The third-order valence-corrected chi connectivity index (χ3v) is 2.78. The number of aromatic nitrogens is 1. The molecule has 1 heterocycles. The number of nitrogens with two attached hydrogens (primary N) is 1. The van der Waals surface area contributed by atoms with E-state index in [1.165, 1.54) is 12.3 Å². The van der Waals surface area contributed by atoms with Gasteiger partial charge < -0.3 is 5.73 Å². The Bertz CT molecular complexity index is 402. The van der Waals surface area contributed by atoms with Crippen LogP contribution in [-0.2, 0) is 5.41 Å². The highest BCUT2D eigenvalue weighted by Gasteiger charge is 2.54. The second-order valence-electron chi connectivity index (χ2n) is 3.72. The van der Waals surface area contributed by atoms with Crippen LogP contribution in [0.2, 0.25) is 0 Å². The number of nitrogens with zero attached hydrogens (tertiary/aromatic N) is 1.